The Kier molecular flexibility index (Phi) is 8.57. The minimum Gasteiger partial charge on any atom is -0.412 e. The molecule has 0 aromatic heterocycles. The average Bonchev–Trinajstić information content (AvgIpc) is 2.82. The summed E-state index contributed by atoms with van der Waals surface area (Å²) in [7, 11) is -2.26. The summed E-state index contributed by atoms with van der Waals surface area (Å²) in [4.78, 5) is 36.6. The predicted molar refractivity (Wildman–Crippen MR) is 117 cm³/mol. The predicted octanol–water partition coefficient (Wildman–Crippen LogP) is 5.66. The SMILES string of the molecule is C=C(C)[C@@H](CC=O)[C@H](CC1(C)C(=O)CCC1=O)O[Si](C(C)C)(C(C)C)C(C)C. The molecule has 1 fully saturated rings. The lowest BCUT2D eigenvalue weighted by Gasteiger charge is -2.47. The number of rotatable bonds is 11. The van der Waals surface area contributed by atoms with E-state index >= 15 is 0 Å². The Morgan fingerprint density at radius 1 is 1.07 bits per heavy atom. The van der Waals surface area contributed by atoms with Crippen LogP contribution in [0.15, 0.2) is 12.2 Å². The second-order valence-electron chi connectivity index (χ2n) is 9.71. The summed E-state index contributed by atoms with van der Waals surface area (Å²) in [6.45, 7) is 21.1. The van der Waals surface area contributed by atoms with Crippen molar-refractivity contribution in [2.45, 2.75) is 104 Å². The lowest BCUT2D eigenvalue weighted by Crippen LogP contribution is -2.53. The molecule has 0 heterocycles. The first kappa shape index (κ1) is 25.0. The molecule has 0 saturated heterocycles. The minimum absolute atomic E-state index is 0.00331. The maximum Gasteiger partial charge on any atom is 0.200 e. The van der Waals surface area contributed by atoms with Gasteiger partial charge in [0.15, 0.2) is 0 Å². The highest BCUT2D eigenvalue weighted by atomic mass is 28.4. The van der Waals surface area contributed by atoms with Gasteiger partial charge in [-0.1, -0.05) is 53.7 Å². The van der Waals surface area contributed by atoms with Crippen molar-refractivity contribution in [3.63, 3.8) is 0 Å². The molecule has 0 aliphatic heterocycles. The quantitative estimate of drug-likeness (QED) is 0.192. The van der Waals surface area contributed by atoms with Gasteiger partial charge in [0.05, 0.1) is 11.5 Å². The zero-order valence-corrected chi connectivity index (χ0v) is 20.1. The van der Waals surface area contributed by atoms with Gasteiger partial charge in [-0.05, 0) is 36.9 Å². The Bertz CT molecular complexity index is 568. The molecule has 0 spiro atoms. The van der Waals surface area contributed by atoms with Gasteiger partial charge in [0, 0.05) is 25.2 Å². The number of Topliss-reactive ketones (excluding diaryl/α,β-unsaturated/α-hetero) is 2. The zero-order valence-electron chi connectivity index (χ0n) is 19.1. The van der Waals surface area contributed by atoms with Crippen molar-refractivity contribution >= 4 is 26.2 Å². The summed E-state index contributed by atoms with van der Waals surface area (Å²) >= 11 is 0. The van der Waals surface area contributed by atoms with Crippen LogP contribution in [0.4, 0.5) is 0 Å². The number of aldehydes is 1. The van der Waals surface area contributed by atoms with E-state index < -0.39 is 13.7 Å². The number of ketones is 2. The smallest absolute Gasteiger partial charge is 0.200 e. The van der Waals surface area contributed by atoms with Gasteiger partial charge in [-0.25, -0.2) is 0 Å². The summed E-state index contributed by atoms with van der Waals surface area (Å²) in [6, 6.07) is 0. The van der Waals surface area contributed by atoms with Crippen molar-refractivity contribution in [1.29, 1.82) is 0 Å². The largest absolute Gasteiger partial charge is 0.412 e. The molecule has 4 nitrogen and oxygen atoms in total. The standard InChI is InChI=1S/C23H40O4Si/c1-15(2)19(12-13-24)20(14-23(9)21(25)10-11-22(23)26)27-28(16(3)4,17(5)6)18(7)8/h13,16-20H,1,10-12,14H2,2-9H3/t19-,20+/m1/s1. The van der Waals surface area contributed by atoms with Crippen LogP contribution >= 0.6 is 0 Å². The fourth-order valence-electron chi connectivity index (χ4n) is 5.27. The van der Waals surface area contributed by atoms with Crippen molar-refractivity contribution < 1.29 is 18.8 Å². The van der Waals surface area contributed by atoms with Crippen LogP contribution in [0.25, 0.3) is 0 Å². The zero-order chi connectivity index (χ0) is 21.9. The molecule has 1 aliphatic rings. The second-order valence-corrected chi connectivity index (χ2v) is 15.1. The van der Waals surface area contributed by atoms with Crippen molar-refractivity contribution in [2.24, 2.45) is 11.3 Å². The average molecular weight is 409 g/mol. The highest BCUT2D eigenvalue weighted by Gasteiger charge is 2.52. The third-order valence-corrected chi connectivity index (χ3v) is 13.0. The van der Waals surface area contributed by atoms with Crippen molar-refractivity contribution in [2.75, 3.05) is 0 Å². The molecule has 0 bridgehead atoms. The van der Waals surface area contributed by atoms with Crippen LogP contribution < -0.4 is 0 Å². The molecule has 1 saturated carbocycles. The first-order chi connectivity index (χ1) is 12.8. The molecular formula is C23H40O4Si. The van der Waals surface area contributed by atoms with E-state index in [2.05, 4.69) is 48.1 Å². The van der Waals surface area contributed by atoms with Gasteiger partial charge in [-0.2, -0.15) is 0 Å². The fraction of sp³-hybridized carbons (Fsp3) is 0.783. The number of carbonyl (C=O) groups excluding carboxylic acids is 3. The van der Waals surface area contributed by atoms with E-state index in [1.807, 2.05) is 6.92 Å². The minimum atomic E-state index is -2.26. The molecule has 28 heavy (non-hydrogen) atoms. The number of hydrogen-bond donors (Lipinski definition) is 0. The lowest BCUT2D eigenvalue weighted by atomic mass is 9.76. The molecule has 1 aliphatic carbocycles. The number of hydrogen-bond acceptors (Lipinski definition) is 4. The van der Waals surface area contributed by atoms with E-state index in [4.69, 9.17) is 4.43 Å². The van der Waals surface area contributed by atoms with Crippen LogP contribution in [0.3, 0.4) is 0 Å². The molecule has 1 rings (SSSR count). The van der Waals surface area contributed by atoms with Crippen molar-refractivity contribution in [3.8, 4) is 0 Å². The molecule has 0 N–H and O–H groups in total. The highest BCUT2D eigenvalue weighted by molar-refractivity contribution is 6.77. The fourth-order valence-corrected chi connectivity index (χ4v) is 10.9. The van der Waals surface area contributed by atoms with E-state index in [1.54, 1.807) is 6.92 Å². The Morgan fingerprint density at radius 3 is 1.82 bits per heavy atom. The van der Waals surface area contributed by atoms with Crippen LogP contribution in [0.2, 0.25) is 16.6 Å². The van der Waals surface area contributed by atoms with Crippen LogP contribution in [-0.4, -0.2) is 32.3 Å². The maximum absolute atomic E-state index is 12.6. The molecule has 0 aromatic carbocycles. The molecule has 0 radical (unpaired) electrons. The van der Waals surface area contributed by atoms with Gasteiger partial charge >= 0.3 is 0 Å². The molecule has 160 valence electrons. The first-order valence-electron chi connectivity index (χ1n) is 10.7. The second kappa shape index (κ2) is 9.62. The van der Waals surface area contributed by atoms with Gasteiger partial charge in [0.1, 0.15) is 17.9 Å². The Labute approximate surface area is 172 Å². The van der Waals surface area contributed by atoms with Gasteiger partial charge < -0.3 is 9.22 Å². The summed E-state index contributed by atoms with van der Waals surface area (Å²) in [6.07, 6.45) is 1.83. The van der Waals surface area contributed by atoms with Gasteiger partial charge in [-0.3, -0.25) is 9.59 Å². The molecule has 0 amide bonds. The lowest BCUT2D eigenvalue weighted by molar-refractivity contribution is -0.136. The molecule has 0 aromatic rings. The van der Waals surface area contributed by atoms with Crippen LogP contribution in [0.1, 0.15) is 81.1 Å². The van der Waals surface area contributed by atoms with E-state index in [0.717, 1.165) is 11.9 Å². The Balaban J connectivity index is 3.45. The van der Waals surface area contributed by atoms with E-state index in [1.165, 1.54) is 0 Å². The molecule has 5 heteroatoms. The van der Waals surface area contributed by atoms with Crippen LogP contribution in [-0.2, 0) is 18.8 Å². The van der Waals surface area contributed by atoms with Gasteiger partial charge in [-0.15, -0.1) is 0 Å². The van der Waals surface area contributed by atoms with E-state index in [9.17, 15) is 14.4 Å². The summed E-state index contributed by atoms with van der Waals surface area (Å²) in [5.41, 5.74) is 0.990. The third kappa shape index (κ3) is 4.73. The summed E-state index contributed by atoms with van der Waals surface area (Å²) < 4.78 is 7.04. The maximum atomic E-state index is 12.6. The third-order valence-electron chi connectivity index (χ3n) is 6.91. The van der Waals surface area contributed by atoms with Crippen molar-refractivity contribution in [3.05, 3.63) is 12.2 Å². The monoisotopic (exact) mass is 408 g/mol. The normalized spacial score (nSPS) is 19.5. The highest BCUT2D eigenvalue weighted by Crippen LogP contribution is 2.47. The first-order valence-corrected chi connectivity index (χ1v) is 12.8. The molecular weight excluding hydrogens is 368 g/mol. The van der Waals surface area contributed by atoms with Crippen LogP contribution in [0, 0.1) is 11.3 Å². The van der Waals surface area contributed by atoms with Gasteiger partial charge in [0.25, 0.3) is 0 Å². The number of carbonyl (C=O) groups is 3. The van der Waals surface area contributed by atoms with E-state index in [-0.39, 0.29) is 23.6 Å². The Hall–Kier alpha value is -1.07. The van der Waals surface area contributed by atoms with Crippen LogP contribution in [0.5, 0.6) is 0 Å². The topological polar surface area (TPSA) is 60.4 Å². The van der Waals surface area contributed by atoms with Gasteiger partial charge in [0.2, 0.25) is 8.32 Å². The van der Waals surface area contributed by atoms with E-state index in [0.29, 0.717) is 42.3 Å². The Morgan fingerprint density at radius 2 is 1.50 bits per heavy atom. The van der Waals surface area contributed by atoms with Crippen molar-refractivity contribution in [1.82, 2.24) is 0 Å². The molecule has 0 unspecified atom stereocenters. The summed E-state index contributed by atoms with van der Waals surface area (Å²) in [5, 5.41) is 0. The molecule has 2 atom stereocenters. The summed E-state index contributed by atoms with van der Waals surface area (Å²) in [5.74, 6) is -0.175.